The third-order valence-electron chi connectivity index (χ3n) is 2.96. The zero-order valence-electron chi connectivity index (χ0n) is 11.9. The molecule has 2 aromatic rings. The van der Waals surface area contributed by atoms with Gasteiger partial charge in [0.2, 0.25) is 0 Å². The van der Waals surface area contributed by atoms with Crippen molar-refractivity contribution < 1.29 is 19.2 Å². The number of nitro groups is 1. The fourth-order valence-electron chi connectivity index (χ4n) is 1.82. The smallest absolute Gasteiger partial charge is 0.337 e. The molecule has 1 amide bonds. The van der Waals surface area contributed by atoms with E-state index in [2.05, 4.69) is 10.1 Å². The van der Waals surface area contributed by atoms with E-state index >= 15 is 0 Å². The summed E-state index contributed by atoms with van der Waals surface area (Å²) < 4.78 is 4.59. The summed E-state index contributed by atoms with van der Waals surface area (Å²) in [5.41, 5.74) is 0.503. The largest absolute Gasteiger partial charge is 0.465 e. The lowest BCUT2D eigenvalue weighted by atomic mass is 10.1. The molecular weight excluding hydrogens is 324 g/mol. The van der Waals surface area contributed by atoms with Crippen molar-refractivity contribution in [3.8, 4) is 0 Å². The van der Waals surface area contributed by atoms with Crippen molar-refractivity contribution >= 4 is 34.9 Å². The second kappa shape index (κ2) is 6.89. The Labute approximate surface area is 136 Å². The van der Waals surface area contributed by atoms with Crippen LogP contribution in [-0.4, -0.2) is 23.9 Å². The minimum atomic E-state index is -0.586. The van der Waals surface area contributed by atoms with E-state index in [1.807, 2.05) is 0 Å². The van der Waals surface area contributed by atoms with Crippen LogP contribution >= 0.6 is 11.6 Å². The lowest BCUT2D eigenvalue weighted by molar-refractivity contribution is -0.384. The van der Waals surface area contributed by atoms with Crippen LogP contribution in [0.5, 0.6) is 0 Å². The van der Waals surface area contributed by atoms with Gasteiger partial charge in [-0.3, -0.25) is 14.9 Å². The van der Waals surface area contributed by atoms with Gasteiger partial charge in [0.05, 0.1) is 28.3 Å². The second-order valence-electron chi connectivity index (χ2n) is 4.45. The number of esters is 1. The third kappa shape index (κ3) is 3.83. The van der Waals surface area contributed by atoms with Crippen LogP contribution in [0.25, 0.3) is 0 Å². The molecule has 23 heavy (non-hydrogen) atoms. The van der Waals surface area contributed by atoms with Crippen LogP contribution in [0.3, 0.4) is 0 Å². The molecule has 0 saturated heterocycles. The van der Waals surface area contributed by atoms with Crippen molar-refractivity contribution in [3.63, 3.8) is 0 Å². The maximum Gasteiger partial charge on any atom is 0.337 e. The van der Waals surface area contributed by atoms with E-state index in [1.165, 1.54) is 37.4 Å². The van der Waals surface area contributed by atoms with E-state index in [-0.39, 0.29) is 27.5 Å². The molecule has 0 aliphatic heterocycles. The van der Waals surface area contributed by atoms with Gasteiger partial charge in [0.15, 0.2) is 0 Å². The molecule has 8 heteroatoms. The zero-order chi connectivity index (χ0) is 17.0. The van der Waals surface area contributed by atoms with E-state index in [1.54, 1.807) is 6.07 Å². The summed E-state index contributed by atoms with van der Waals surface area (Å²) in [6, 6.07) is 9.65. The number of halogens is 1. The van der Waals surface area contributed by atoms with Gasteiger partial charge in [0.25, 0.3) is 11.6 Å². The average molecular weight is 335 g/mol. The number of hydrogen-bond acceptors (Lipinski definition) is 5. The lowest BCUT2D eigenvalue weighted by Gasteiger charge is -2.08. The highest BCUT2D eigenvalue weighted by Gasteiger charge is 2.14. The molecule has 0 aliphatic rings. The number of ether oxygens (including phenoxy) is 1. The van der Waals surface area contributed by atoms with Gasteiger partial charge in [-0.15, -0.1) is 0 Å². The van der Waals surface area contributed by atoms with Gasteiger partial charge in [0, 0.05) is 17.7 Å². The SMILES string of the molecule is COC(=O)c1cccc(C(=O)Nc2ccc([N+](=O)[O-])cc2Cl)c1. The minimum absolute atomic E-state index is 0.0386. The van der Waals surface area contributed by atoms with Crippen LogP contribution in [0, 0.1) is 10.1 Å². The number of rotatable bonds is 4. The Morgan fingerprint density at radius 2 is 1.87 bits per heavy atom. The molecule has 0 atom stereocenters. The molecule has 118 valence electrons. The van der Waals surface area contributed by atoms with Gasteiger partial charge in [-0.2, -0.15) is 0 Å². The zero-order valence-corrected chi connectivity index (χ0v) is 12.7. The maximum atomic E-state index is 12.2. The van der Waals surface area contributed by atoms with Crippen molar-refractivity contribution in [2.24, 2.45) is 0 Å². The predicted molar refractivity (Wildman–Crippen MR) is 83.8 cm³/mol. The number of carbonyl (C=O) groups is 2. The molecule has 2 rings (SSSR count). The summed E-state index contributed by atoms with van der Waals surface area (Å²) in [7, 11) is 1.24. The van der Waals surface area contributed by atoms with Crippen LogP contribution in [0.15, 0.2) is 42.5 Å². The summed E-state index contributed by atoms with van der Waals surface area (Å²) in [6.45, 7) is 0. The summed E-state index contributed by atoms with van der Waals surface area (Å²) in [4.78, 5) is 33.7. The van der Waals surface area contributed by atoms with Crippen LogP contribution < -0.4 is 5.32 Å². The monoisotopic (exact) mass is 334 g/mol. The molecule has 0 bridgehead atoms. The Hall–Kier alpha value is -2.93. The molecule has 0 unspecified atom stereocenters. The summed E-state index contributed by atoms with van der Waals surface area (Å²) in [5.74, 6) is -1.07. The lowest BCUT2D eigenvalue weighted by Crippen LogP contribution is -2.13. The summed E-state index contributed by atoms with van der Waals surface area (Å²) in [5, 5.41) is 13.2. The number of nitrogens with one attached hydrogen (secondary N) is 1. The van der Waals surface area contributed by atoms with Crippen molar-refractivity contribution in [2.75, 3.05) is 12.4 Å². The van der Waals surface area contributed by atoms with Crippen molar-refractivity contribution in [1.29, 1.82) is 0 Å². The highest BCUT2D eigenvalue weighted by molar-refractivity contribution is 6.34. The van der Waals surface area contributed by atoms with Crippen molar-refractivity contribution in [2.45, 2.75) is 0 Å². The first-order valence-electron chi connectivity index (χ1n) is 6.36. The van der Waals surface area contributed by atoms with Crippen LogP contribution in [0.1, 0.15) is 20.7 Å². The van der Waals surface area contributed by atoms with Gasteiger partial charge in [-0.05, 0) is 24.3 Å². The first kappa shape index (κ1) is 16.4. The highest BCUT2D eigenvalue weighted by Crippen LogP contribution is 2.27. The predicted octanol–water partition coefficient (Wildman–Crippen LogP) is 3.29. The van der Waals surface area contributed by atoms with E-state index in [9.17, 15) is 19.7 Å². The Morgan fingerprint density at radius 1 is 1.17 bits per heavy atom. The molecule has 1 N–H and O–H groups in total. The normalized spacial score (nSPS) is 10.0. The standard InChI is InChI=1S/C15H11ClN2O5/c1-23-15(20)10-4-2-3-9(7-10)14(19)17-13-6-5-11(18(21)22)8-12(13)16/h2-8H,1H3,(H,17,19). The molecule has 0 heterocycles. The number of anilines is 1. The van der Waals surface area contributed by atoms with Crippen LogP contribution in [0.2, 0.25) is 5.02 Å². The molecule has 0 saturated carbocycles. The molecule has 7 nitrogen and oxygen atoms in total. The number of hydrogen-bond donors (Lipinski definition) is 1. The van der Waals surface area contributed by atoms with E-state index < -0.39 is 16.8 Å². The van der Waals surface area contributed by atoms with Crippen molar-refractivity contribution in [1.82, 2.24) is 0 Å². The van der Waals surface area contributed by atoms with Gasteiger partial charge in [-0.25, -0.2) is 4.79 Å². The first-order chi connectivity index (χ1) is 10.9. The highest BCUT2D eigenvalue weighted by atomic mass is 35.5. The van der Waals surface area contributed by atoms with Gasteiger partial charge < -0.3 is 10.1 Å². The molecule has 0 aliphatic carbocycles. The second-order valence-corrected chi connectivity index (χ2v) is 4.85. The minimum Gasteiger partial charge on any atom is -0.465 e. The molecule has 0 fully saturated rings. The average Bonchev–Trinajstić information content (AvgIpc) is 2.55. The molecule has 0 spiro atoms. The van der Waals surface area contributed by atoms with E-state index in [0.717, 1.165) is 6.07 Å². The first-order valence-corrected chi connectivity index (χ1v) is 6.74. The van der Waals surface area contributed by atoms with Crippen molar-refractivity contribution in [3.05, 3.63) is 68.7 Å². The number of carbonyl (C=O) groups excluding carboxylic acids is 2. The molecule has 0 radical (unpaired) electrons. The third-order valence-corrected chi connectivity index (χ3v) is 3.27. The maximum absolute atomic E-state index is 12.2. The Kier molecular flexibility index (Phi) is 4.92. The molecular formula is C15H11ClN2O5. The Morgan fingerprint density at radius 3 is 2.48 bits per heavy atom. The molecule has 2 aromatic carbocycles. The number of nitro benzene ring substituents is 1. The van der Waals surface area contributed by atoms with Crippen LogP contribution in [-0.2, 0) is 4.74 Å². The number of methoxy groups -OCH3 is 1. The summed E-state index contributed by atoms with van der Waals surface area (Å²) in [6.07, 6.45) is 0. The van der Waals surface area contributed by atoms with E-state index in [4.69, 9.17) is 11.6 Å². The number of benzene rings is 2. The van der Waals surface area contributed by atoms with Gasteiger partial charge >= 0.3 is 5.97 Å². The Balaban J connectivity index is 2.22. The summed E-state index contributed by atoms with van der Waals surface area (Å²) >= 11 is 5.92. The Bertz CT molecular complexity index is 791. The van der Waals surface area contributed by atoms with Gasteiger partial charge in [0.1, 0.15) is 0 Å². The quantitative estimate of drug-likeness (QED) is 0.525. The fourth-order valence-corrected chi connectivity index (χ4v) is 2.04. The number of nitrogens with zero attached hydrogens (tertiary/aromatic N) is 1. The number of amides is 1. The van der Waals surface area contributed by atoms with Gasteiger partial charge in [-0.1, -0.05) is 17.7 Å². The molecule has 0 aromatic heterocycles. The van der Waals surface area contributed by atoms with Crippen LogP contribution in [0.4, 0.5) is 11.4 Å². The fraction of sp³-hybridized carbons (Fsp3) is 0.0667. The number of non-ortho nitro benzene ring substituents is 1. The van der Waals surface area contributed by atoms with E-state index in [0.29, 0.717) is 0 Å². The topological polar surface area (TPSA) is 98.5 Å².